The molecule has 4 nitrogen and oxygen atoms in total. The van der Waals surface area contributed by atoms with Crippen molar-refractivity contribution >= 4 is 32.6 Å². The molecule has 1 atom stereocenters. The Morgan fingerprint density at radius 2 is 2.35 bits per heavy atom. The molecule has 2 heterocycles. The highest BCUT2D eigenvalue weighted by atomic mass is 32.2. The van der Waals surface area contributed by atoms with Gasteiger partial charge >= 0.3 is 5.30 Å². The quantitative estimate of drug-likeness (QED) is 0.735. The summed E-state index contributed by atoms with van der Waals surface area (Å²) in [6, 6.07) is 1.76. The van der Waals surface area contributed by atoms with E-state index >= 15 is 0 Å². The number of rotatable bonds is 1. The molecule has 86 valence electrons. The van der Waals surface area contributed by atoms with Crippen molar-refractivity contribution in [2.75, 3.05) is 5.73 Å². The summed E-state index contributed by atoms with van der Waals surface area (Å²) in [6.07, 6.45) is 8.08. The molecule has 1 aliphatic carbocycles. The lowest BCUT2D eigenvalue weighted by Gasteiger charge is -2.13. The van der Waals surface area contributed by atoms with Crippen LogP contribution in [0.5, 0.6) is 0 Å². The number of allylic oxidation sites excluding steroid dienone is 4. The van der Waals surface area contributed by atoms with Gasteiger partial charge < -0.3 is 15.6 Å². The van der Waals surface area contributed by atoms with Crippen molar-refractivity contribution in [2.45, 2.75) is 6.42 Å². The van der Waals surface area contributed by atoms with E-state index < -0.39 is 15.8 Å². The van der Waals surface area contributed by atoms with Gasteiger partial charge in [-0.3, -0.25) is 0 Å². The summed E-state index contributed by atoms with van der Waals surface area (Å²) in [5.41, 5.74) is 6.80. The molecule has 0 aromatic carbocycles. The van der Waals surface area contributed by atoms with Crippen molar-refractivity contribution in [3.63, 3.8) is 0 Å². The molecule has 3 rings (SSSR count). The number of fused-ring (bicyclic) bond motifs is 2. The predicted octanol–water partition coefficient (Wildman–Crippen LogP) is 1.31. The lowest BCUT2D eigenvalue weighted by molar-refractivity contribution is 0.221. The molecule has 0 spiro atoms. The van der Waals surface area contributed by atoms with E-state index in [1.165, 1.54) is 6.26 Å². The Hall–Kier alpha value is -2.01. The normalized spacial score (nSPS) is 17.5. The van der Waals surface area contributed by atoms with E-state index in [0.29, 0.717) is 9.53 Å². The molecule has 0 amide bonds. The van der Waals surface area contributed by atoms with Gasteiger partial charge in [0.15, 0.2) is 6.26 Å². The fourth-order valence-corrected chi connectivity index (χ4v) is 3.49. The largest absolute Gasteiger partial charge is 0.554 e. The second kappa shape index (κ2) is 3.49. The second-order valence-corrected chi connectivity index (χ2v) is 5.65. The van der Waals surface area contributed by atoms with Crippen LogP contribution in [0.3, 0.4) is 0 Å². The van der Waals surface area contributed by atoms with Crippen molar-refractivity contribution in [1.29, 1.82) is 0 Å². The maximum atomic E-state index is 11.2. The van der Waals surface area contributed by atoms with Gasteiger partial charge in [0.05, 0.1) is 5.22 Å². The maximum absolute atomic E-state index is 11.2. The van der Waals surface area contributed by atoms with Crippen molar-refractivity contribution in [1.82, 2.24) is 0 Å². The Morgan fingerprint density at radius 3 is 3.12 bits per heavy atom. The Balaban J connectivity index is 2.41. The van der Waals surface area contributed by atoms with Gasteiger partial charge in [0, 0.05) is 11.6 Å². The molecular formula is C12H10NO3S+. The zero-order chi connectivity index (χ0) is 12.0. The third kappa shape index (κ3) is 1.39. The number of nitrogen functional groups attached to an aromatic ring is 1. The summed E-state index contributed by atoms with van der Waals surface area (Å²) in [4.78, 5) is 11.2. The van der Waals surface area contributed by atoms with Gasteiger partial charge in [-0.25, -0.2) is 0 Å². The van der Waals surface area contributed by atoms with Crippen molar-refractivity contribution < 1.29 is 14.6 Å². The monoisotopic (exact) mass is 248 g/mol. The van der Waals surface area contributed by atoms with Crippen molar-refractivity contribution in [2.24, 2.45) is 0 Å². The molecule has 1 unspecified atom stereocenters. The third-order valence-corrected chi connectivity index (χ3v) is 4.50. The van der Waals surface area contributed by atoms with Gasteiger partial charge in [-0.2, -0.15) is 4.79 Å². The average Bonchev–Trinajstić information content (AvgIpc) is 2.65. The van der Waals surface area contributed by atoms with Crippen LogP contribution in [0, 0.1) is 0 Å². The smallest absolute Gasteiger partial charge is 0.459 e. The molecule has 0 fully saturated rings. The number of anilines is 1. The summed E-state index contributed by atoms with van der Waals surface area (Å²) in [5.74, 6) is 0.783. The van der Waals surface area contributed by atoms with E-state index in [9.17, 15) is 4.79 Å². The van der Waals surface area contributed by atoms with E-state index in [1.807, 2.05) is 18.2 Å². The summed E-state index contributed by atoms with van der Waals surface area (Å²) < 4.78 is 6.15. The molecule has 0 saturated heterocycles. The van der Waals surface area contributed by atoms with Crippen molar-refractivity contribution in [3.8, 4) is 0 Å². The Morgan fingerprint density at radius 1 is 1.53 bits per heavy atom. The first-order chi connectivity index (χ1) is 8.18. The van der Waals surface area contributed by atoms with E-state index in [0.717, 1.165) is 23.0 Å². The zero-order valence-electron chi connectivity index (χ0n) is 8.84. The van der Waals surface area contributed by atoms with E-state index in [-0.39, 0.29) is 0 Å². The predicted molar refractivity (Wildman–Crippen MR) is 66.8 cm³/mol. The maximum Gasteiger partial charge on any atom is 0.554 e. The number of ether oxygens (including phenoxy) is 1. The number of nitrogens with two attached hydrogens (primary N) is 1. The van der Waals surface area contributed by atoms with E-state index in [2.05, 4.69) is 0 Å². The topological polar surface area (TPSA) is 72.6 Å². The highest BCUT2D eigenvalue weighted by molar-refractivity contribution is 7.52. The Kier molecular flexibility index (Phi) is 2.09. The highest BCUT2D eigenvalue weighted by Crippen LogP contribution is 2.27. The van der Waals surface area contributed by atoms with Crippen LogP contribution in [-0.4, -0.2) is 10.4 Å². The van der Waals surface area contributed by atoms with Gasteiger partial charge in [-0.1, -0.05) is 12.2 Å². The molecule has 1 aromatic rings. The summed E-state index contributed by atoms with van der Waals surface area (Å²) in [7, 11) is -1.07. The first-order valence-electron chi connectivity index (χ1n) is 5.10. The number of hydrogen-bond acceptors (Lipinski definition) is 3. The SMILES string of the molecule is Nc1cc2c([s+]1C(=O)O)=COC1=CC=CCC=21. The lowest BCUT2D eigenvalue weighted by atomic mass is 10.0. The fourth-order valence-electron chi connectivity index (χ4n) is 2.06. The summed E-state index contributed by atoms with van der Waals surface area (Å²) in [5, 5.41) is 9.55. The van der Waals surface area contributed by atoms with Crippen LogP contribution in [0.2, 0.25) is 0 Å². The highest BCUT2D eigenvalue weighted by Gasteiger charge is 2.29. The average molecular weight is 248 g/mol. The third-order valence-electron chi connectivity index (χ3n) is 2.80. The minimum absolute atomic E-state index is 0.394. The fraction of sp³-hybridized carbons (Fsp3) is 0.0833. The Labute approximate surface area is 99.6 Å². The number of thiophene rings is 1. The molecular weight excluding hydrogens is 238 g/mol. The van der Waals surface area contributed by atoms with Crippen LogP contribution >= 0.6 is 10.5 Å². The molecule has 3 N–H and O–H groups in total. The van der Waals surface area contributed by atoms with Crippen LogP contribution in [0.25, 0.3) is 11.8 Å². The number of carboxylic acid groups (broad SMARTS) is 1. The number of carbonyl (C=O) groups is 1. The van der Waals surface area contributed by atoms with Crippen LogP contribution in [0.15, 0.2) is 30.1 Å². The van der Waals surface area contributed by atoms with Gasteiger partial charge in [-0.05, 0) is 12.5 Å². The van der Waals surface area contributed by atoms with Crippen LogP contribution in [-0.2, 0) is 4.74 Å². The first kappa shape index (κ1) is 10.2. The first-order valence-corrected chi connectivity index (χ1v) is 6.33. The molecule has 2 aliphatic rings. The zero-order valence-corrected chi connectivity index (χ0v) is 9.66. The minimum atomic E-state index is -1.07. The van der Waals surface area contributed by atoms with Gasteiger partial charge in [0.25, 0.3) is 5.00 Å². The van der Waals surface area contributed by atoms with Gasteiger partial charge in [-0.15, -0.1) is 0 Å². The standard InChI is InChI=1S/C12H9NO3S/c13-11-5-8-7-3-1-2-4-9(7)16-6-10(8)17(11)12(14)15/h1-2,4-6H,3,13H2/p+1. The van der Waals surface area contributed by atoms with Crippen molar-refractivity contribution in [3.05, 3.63) is 39.8 Å². The summed E-state index contributed by atoms with van der Waals surface area (Å²) in [6.45, 7) is 0. The molecule has 17 heavy (non-hydrogen) atoms. The van der Waals surface area contributed by atoms with Crippen LogP contribution in [0.4, 0.5) is 9.80 Å². The van der Waals surface area contributed by atoms with Gasteiger partial charge in [0.2, 0.25) is 4.53 Å². The molecule has 0 bridgehead atoms. The lowest BCUT2D eigenvalue weighted by Crippen LogP contribution is -2.28. The van der Waals surface area contributed by atoms with Crippen LogP contribution in [0.1, 0.15) is 6.42 Å². The molecule has 0 saturated carbocycles. The van der Waals surface area contributed by atoms with E-state index in [1.54, 1.807) is 6.07 Å². The van der Waals surface area contributed by atoms with E-state index in [4.69, 9.17) is 15.6 Å². The molecule has 1 aliphatic heterocycles. The molecule has 0 radical (unpaired) electrons. The minimum Gasteiger partial charge on any atom is -0.459 e. The van der Waals surface area contributed by atoms with Crippen LogP contribution < -0.4 is 15.5 Å². The molecule has 1 aromatic heterocycles. The molecule has 5 heteroatoms. The second-order valence-electron chi connectivity index (χ2n) is 3.77. The Bertz CT molecular complexity index is 694. The summed E-state index contributed by atoms with van der Waals surface area (Å²) >= 11 is 0. The number of hydrogen-bond donors (Lipinski definition) is 2. The van der Waals surface area contributed by atoms with Gasteiger partial charge in [0.1, 0.15) is 16.2 Å².